The molecule has 2 rings (SSSR count). The summed E-state index contributed by atoms with van der Waals surface area (Å²) in [6.07, 6.45) is 3.81. The number of rotatable bonds is 6. The van der Waals surface area contributed by atoms with E-state index in [1.165, 1.54) is 18.2 Å². The van der Waals surface area contributed by atoms with Crippen molar-refractivity contribution in [3.8, 4) is 0 Å². The van der Waals surface area contributed by atoms with Crippen molar-refractivity contribution < 1.29 is 13.5 Å². The molecule has 1 saturated heterocycles. The zero-order chi connectivity index (χ0) is 14.4. The van der Waals surface area contributed by atoms with E-state index in [9.17, 15) is 8.78 Å². The smallest absolute Gasteiger partial charge is 0.128 e. The van der Waals surface area contributed by atoms with Gasteiger partial charge in [-0.05, 0) is 56.3 Å². The van der Waals surface area contributed by atoms with E-state index in [1.54, 1.807) is 0 Å². The van der Waals surface area contributed by atoms with E-state index >= 15 is 0 Å². The Bertz CT molecular complexity index is 419. The number of nitrogens with one attached hydrogen (secondary N) is 1. The monoisotopic (exact) mass is 283 g/mol. The second-order valence-electron chi connectivity index (χ2n) is 5.46. The Hall–Kier alpha value is -1.00. The molecule has 1 aliphatic rings. The van der Waals surface area contributed by atoms with Crippen molar-refractivity contribution in [1.82, 2.24) is 5.32 Å². The summed E-state index contributed by atoms with van der Waals surface area (Å²) in [5, 5.41) is 3.35. The van der Waals surface area contributed by atoms with E-state index < -0.39 is 0 Å². The summed E-state index contributed by atoms with van der Waals surface area (Å²) in [4.78, 5) is 0. The Morgan fingerprint density at radius 3 is 2.75 bits per heavy atom. The van der Waals surface area contributed by atoms with Crippen LogP contribution in [0.5, 0.6) is 0 Å². The Morgan fingerprint density at radius 2 is 2.05 bits per heavy atom. The van der Waals surface area contributed by atoms with Crippen LogP contribution < -0.4 is 5.32 Å². The molecule has 1 unspecified atom stereocenters. The van der Waals surface area contributed by atoms with E-state index in [0.717, 1.165) is 45.4 Å². The van der Waals surface area contributed by atoms with Gasteiger partial charge in [0.15, 0.2) is 0 Å². The molecule has 1 atom stereocenters. The molecule has 0 aromatic heterocycles. The fraction of sp³-hybridized carbons (Fsp3) is 0.625. The second kappa shape index (κ2) is 7.70. The predicted octanol–water partition coefficient (Wildman–Crippen LogP) is 3.82. The van der Waals surface area contributed by atoms with Crippen LogP contribution in [0.4, 0.5) is 8.78 Å². The first-order valence-electron chi connectivity index (χ1n) is 7.46. The summed E-state index contributed by atoms with van der Waals surface area (Å²) >= 11 is 0. The minimum atomic E-state index is -0.378. The van der Waals surface area contributed by atoms with E-state index in [0.29, 0.717) is 11.5 Å². The van der Waals surface area contributed by atoms with E-state index in [-0.39, 0.29) is 17.7 Å². The van der Waals surface area contributed by atoms with Gasteiger partial charge in [-0.1, -0.05) is 6.92 Å². The lowest BCUT2D eigenvalue weighted by molar-refractivity contribution is 0.0604. The first kappa shape index (κ1) is 15.4. The van der Waals surface area contributed by atoms with Gasteiger partial charge in [-0.3, -0.25) is 0 Å². The van der Waals surface area contributed by atoms with Crippen LogP contribution in [0.15, 0.2) is 18.2 Å². The van der Waals surface area contributed by atoms with Crippen molar-refractivity contribution in [3.63, 3.8) is 0 Å². The number of halogens is 2. The van der Waals surface area contributed by atoms with E-state index in [1.807, 2.05) is 0 Å². The van der Waals surface area contributed by atoms with Crippen LogP contribution >= 0.6 is 0 Å². The number of hydrogen-bond acceptors (Lipinski definition) is 2. The van der Waals surface area contributed by atoms with Crippen LogP contribution in [0.2, 0.25) is 0 Å². The van der Waals surface area contributed by atoms with Gasteiger partial charge in [-0.15, -0.1) is 0 Å². The van der Waals surface area contributed by atoms with Crippen molar-refractivity contribution in [1.29, 1.82) is 0 Å². The van der Waals surface area contributed by atoms with Crippen LogP contribution in [0.3, 0.4) is 0 Å². The van der Waals surface area contributed by atoms with Gasteiger partial charge in [0.1, 0.15) is 11.6 Å². The van der Waals surface area contributed by atoms with Crippen molar-refractivity contribution >= 4 is 0 Å². The summed E-state index contributed by atoms with van der Waals surface area (Å²) in [6.45, 7) is 4.43. The molecule has 1 aliphatic heterocycles. The third-order valence-electron chi connectivity index (χ3n) is 3.88. The van der Waals surface area contributed by atoms with Gasteiger partial charge in [-0.2, -0.15) is 0 Å². The maximum absolute atomic E-state index is 14.0. The quantitative estimate of drug-likeness (QED) is 0.857. The lowest BCUT2D eigenvalue weighted by Gasteiger charge is -2.28. The lowest BCUT2D eigenvalue weighted by atomic mass is 9.89. The molecule has 0 spiro atoms. The molecule has 0 saturated carbocycles. The molecule has 0 aliphatic carbocycles. The number of benzene rings is 1. The zero-order valence-electron chi connectivity index (χ0n) is 12.0. The molecule has 112 valence electrons. The van der Waals surface area contributed by atoms with Crippen molar-refractivity contribution in [2.24, 2.45) is 5.92 Å². The van der Waals surface area contributed by atoms with E-state index in [2.05, 4.69) is 12.2 Å². The Morgan fingerprint density at radius 1 is 1.30 bits per heavy atom. The van der Waals surface area contributed by atoms with Gasteiger partial charge in [-0.25, -0.2) is 8.78 Å². The molecule has 0 radical (unpaired) electrons. The SMILES string of the molecule is CCCNC(CC1CCOCC1)c1cc(F)ccc1F. The fourth-order valence-corrected chi connectivity index (χ4v) is 2.74. The molecule has 1 fully saturated rings. The number of ether oxygens (including phenoxy) is 1. The lowest BCUT2D eigenvalue weighted by Crippen LogP contribution is -2.27. The van der Waals surface area contributed by atoms with Gasteiger partial charge < -0.3 is 10.1 Å². The second-order valence-corrected chi connectivity index (χ2v) is 5.46. The third kappa shape index (κ3) is 4.25. The van der Waals surface area contributed by atoms with Crippen LogP contribution in [-0.2, 0) is 4.74 Å². The largest absolute Gasteiger partial charge is 0.381 e. The van der Waals surface area contributed by atoms with Gasteiger partial charge in [0.25, 0.3) is 0 Å². The van der Waals surface area contributed by atoms with Gasteiger partial charge >= 0.3 is 0 Å². The molecule has 1 heterocycles. The van der Waals surface area contributed by atoms with Crippen LogP contribution in [-0.4, -0.2) is 19.8 Å². The summed E-state index contributed by atoms with van der Waals surface area (Å²) in [6, 6.07) is 3.59. The Labute approximate surface area is 119 Å². The molecule has 0 amide bonds. The highest BCUT2D eigenvalue weighted by Crippen LogP contribution is 2.29. The molecular weight excluding hydrogens is 260 g/mol. The normalized spacial score (nSPS) is 18.1. The highest BCUT2D eigenvalue weighted by atomic mass is 19.1. The fourth-order valence-electron chi connectivity index (χ4n) is 2.74. The molecule has 4 heteroatoms. The summed E-state index contributed by atoms with van der Waals surface area (Å²) in [5.41, 5.74) is 0.449. The number of hydrogen-bond donors (Lipinski definition) is 1. The summed E-state index contributed by atoms with van der Waals surface area (Å²) < 4.78 is 32.7. The average molecular weight is 283 g/mol. The Balaban J connectivity index is 2.10. The molecular formula is C16H23F2NO. The topological polar surface area (TPSA) is 21.3 Å². The molecule has 20 heavy (non-hydrogen) atoms. The van der Waals surface area contributed by atoms with Crippen molar-refractivity contribution in [2.45, 2.75) is 38.6 Å². The minimum Gasteiger partial charge on any atom is -0.381 e. The minimum absolute atomic E-state index is 0.117. The van der Waals surface area contributed by atoms with Gasteiger partial charge in [0, 0.05) is 24.8 Å². The van der Waals surface area contributed by atoms with Crippen molar-refractivity contribution in [2.75, 3.05) is 19.8 Å². The highest BCUT2D eigenvalue weighted by Gasteiger charge is 2.22. The average Bonchev–Trinajstić information content (AvgIpc) is 2.47. The standard InChI is InChI=1S/C16H23F2NO/c1-2-7-19-16(10-12-5-8-20-9-6-12)14-11-13(17)3-4-15(14)18/h3-4,11-12,16,19H,2,5-10H2,1H3. The zero-order valence-corrected chi connectivity index (χ0v) is 12.0. The highest BCUT2D eigenvalue weighted by molar-refractivity contribution is 5.22. The van der Waals surface area contributed by atoms with Gasteiger partial charge in [0.05, 0.1) is 0 Å². The Kier molecular flexibility index (Phi) is 5.92. The molecule has 1 aromatic rings. The van der Waals surface area contributed by atoms with E-state index in [4.69, 9.17) is 4.74 Å². The molecule has 1 aromatic carbocycles. The third-order valence-corrected chi connectivity index (χ3v) is 3.88. The van der Waals surface area contributed by atoms with Crippen molar-refractivity contribution in [3.05, 3.63) is 35.4 Å². The predicted molar refractivity (Wildman–Crippen MR) is 75.6 cm³/mol. The van der Waals surface area contributed by atoms with Crippen LogP contribution in [0.25, 0.3) is 0 Å². The summed E-state index contributed by atoms with van der Waals surface area (Å²) in [7, 11) is 0. The molecule has 1 N–H and O–H groups in total. The first-order chi connectivity index (χ1) is 9.70. The van der Waals surface area contributed by atoms with Crippen LogP contribution in [0, 0.1) is 17.6 Å². The molecule has 2 nitrogen and oxygen atoms in total. The first-order valence-corrected chi connectivity index (χ1v) is 7.46. The van der Waals surface area contributed by atoms with Crippen LogP contribution in [0.1, 0.15) is 44.2 Å². The van der Waals surface area contributed by atoms with Gasteiger partial charge in [0.2, 0.25) is 0 Å². The maximum atomic E-state index is 14.0. The maximum Gasteiger partial charge on any atom is 0.128 e. The molecule has 0 bridgehead atoms. The summed E-state index contributed by atoms with van der Waals surface area (Å²) in [5.74, 6) is -0.190.